The standard InChI is InChI=1S/C17H15F3N2O2/c1-8-3-13-16(14(20)15(8)21)24-9(2)17(23)22(13)7-10-4-11(18)6-12(19)5-10/h3-6,9H,7,21H2,1-2H3. The van der Waals surface area contributed by atoms with Crippen LogP contribution in [0.2, 0.25) is 0 Å². The van der Waals surface area contributed by atoms with Gasteiger partial charge in [-0.3, -0.25) is 4.79 Å². The van der Waals surface area contributed by atoms with Crippen molar-refractivity contribution in [2.45, 2.75) is 26.5 Å². The second kappa shape index (κ2) is 5.74. The zero-order valence-corrected chi connectivity index (χ0v) is 13.1. The topological polar surface area (TPSA) is 55.6 Å². The van der Waals surface area contributed by atoms with Crippen molar-refractivity contribution in [3.05, 3.63) is 52.8 Å². The highest BCUT2D eigenvalue weighted by molar-refractivity contribution is 6.00. The molecule has 1 atom stereocenters. The van der Waals surface area contributed by atoms with E-state index in [1.54, 1.807) is 6.92 Å². The number of fused-ring (bicyclic) bond motifs is 1. The number of carbonyl (C=O) groups is 1. The van der Waals surface area contributed by atoms with Crippen LogP contribution in [0.25, 0.3) is 0 Å². The Bertz CT molecular complexity index is 819. The van der Waals surface area contributed by atoms with Gasteiger partial charge in [0, 0.05) is 6.07 Å². The molecule has 2 aromatic carbocycles. The molecule has 0 aliphatic carbocycles. The van der Waals surface area contributed by atoms with Crippen LogP contribution in [0.3, 0.4) is 0 Å². The van der Waals surface area contributed by atoms with E-state index in [1.807, 2.05) is 0 Å². The Kier molecular flexibility index (Phi) is 3.87. The Morgan fingerprint density at radius 1 is 1.17 bits per heavy atom. The molecule has 126 valence electrons. The van der Waals surface area contributed by atoms with Crippen LogP contribution < -0.4 is 15.4 Å². The summed E-state index contributed by atoms with van der Waals surface area (Å²) in [5, 5.41) is 0. The third-order valence-corrected chi connectivity index (χ3v) is 3.91. The number of hydrogen-bond donors (Lipinski definition) is 1. The predicted molar refractivity (Wildman–Crippen MR) is 83.2 cm³/mol. The number of carbonyl (C=O) groups excluding carboxylic acids is 1. The number of amides is 1. The van der Waals surface area contributed by atoms with Crippen LogP contribution >= 0.6 is 0 Å². The fourth-order valence-electron chi connectivity index (χ4n) is 2.68. The van der Waals surface area contributed by atoms with E-state index in [-0.39, 0.29) is 29.2 Å². The number of hydrogen-bond acceptors (Lipinski definition) is 3. The van der Waals surface area contributed by atoms with Crippen molar-refractivity contribution in [2.75, 3.05) is 10.6 Å². The fraction of sp³-hybridized carbons (Fsp3) is 0.235. The molecule has 0 spiro atoms. The van der Waals surface area contributed by atoms with Crippen molar-refractivity contribution in [2.24, 2.45) is 0 Å². The molecule has 1 amide bonds. The zero-order valence-electron chi connectivity index (χ0n) is 13.1. The quantitative estimate of drug-likeness (QED) is 0.856. The molecular weight excluding hydrogens is 321 g/mol. The zero-order chi connectivity index (χ0) is 17.6. The van der Waals surface area contributed by atoms with Crippen LogP contribution in [0.15, 0.2) is 24.3 Å². The van der Waals surface area contributed by atoms with Gasteiger partial charge in [-0.2, -0.15) is 0 Å². The summed E-state index contributed by atoms with van der Waals surface area (Å²) < 4.78 is 46.5. The van der Waals surface area contributed by atoms with Gasteiger partial charge in [-0.1, -0.05) is 0 Å². The van der Waals surface area contributed by atoms with Gasteiger partial charge in [0.15, 0.2) is 17.7 Å². The number of ether oxygens (including phenoxy) is 1. The van der Waals surface area contributed by atoms with Crippen LogP contribution in [-0.4, -0.2) is 12.0 Å². The summed E-state index contributed by atoms with van der Waals surface area (Å²) in [5.41, 5.74) is 6.47. The number of nitrogens with two attached hydrogens (primary N) is 1. The van der Waals surface area contributed by atoms with E-state index in [0.29, 0.717) is 5.56 Å². The second-order valence-corrected chi connectivity index (χ2v) is 5.73. The molecule has 4 nitrogen and oxygen atoms in total. The molecule has 0 aromatic heterocycles. The molecule has 0 bridgehead atoms. The van der Waals surface area contributed by atoms with Crippen LogP contribution in [-0.2, 0) is 11.3 Å². The first kappa shape index (κ1) is 16.2. The minimum absolute atomic E-state index is 0.0629. The van der Waals surface area contributed by atoms with Gasteiger partial charge in [0.05, 0.1) is 17.9 Å². The lowest BCUT2D eigenvalue weighted by Gasteiger charge is -2.34. The molecule has 24 heavy (non-hydrogen) atoms. The lowest BCUT2D eigenvalue weighted by molar-refractivity contribution is -0.125. The first-order valence-electron chi connectivity index (χ1n) is 7.29. The number of benzene rings is 2. The summed E-state index contributed by atoms with van der Waals surface area (Å²) in [7, 11) is 0. The van der Waals surface area contributed by atoms with Gasteiger partial charge in [-0.15, -0.1) is 0 Å². The van der Waals surface area contributed by atoms with Crippen molar-refractivity contribution < 1.29 is 22.7 Å². The van der Waals surface area contributed by atoms with E-state index in [4.69, 9.17) is 10.5 Å². The molecule has 0 saturated carbocycles. The number of halogens is 3. The molecule has 7 heteroatoms. The largest absolute Gasteiger partial charge is 0.476 e. The molecule has 1 aliphatic heterocycles. The second-order valence-electron chi connectivity index (χ2n) is 5.73. The van der Waals surface area contributed by atoms with Gasteiger partial charge in [0.2, 0.25) is 0 Å². The smallest absolute Gasteiger partial charge is 0.268 e. The summed E-state index contributed by atoms with van der Waals surface area (Å²) >= 11 is 0. The minimum Gasteiger partial charge on any atom is -0.476 e. The van der Waals surface area contributed by atoms with E-state index in [1.165, 1.54) is 17.9 Å². The molecule has 0 radical (unpaired) electrons. The average Bonchev–Trinajstić information content (AvgIpc) is 2.50. The number of nitrogen functional groups attached to an aromatic ring is 1. The van der Waals surface area contributed by atoms with Gasteiger partial charge < -0.3 is 15.4 Å². The summed E-state index contributed by atoms with van der Waals surface area (Å²) in [6.07, 6.45) is -0.937. The maximum absolute atomic E-state index is 14.4. The Labute approximate surface area is 136 Å². The first-order valence-corrected chi connectivity index (χ1v) is 7.29. The molecule has 1 aliphatic rings. The van der Waals surface area contributed by atoms with Gasteiger partial charge in [-0.05, 0) is 43.2 Å². The third-order valence-electron chi connectivity index (χ3n) is 3.91. The fourth-order valence-corrected chi connectivity index (χ4v) is 2.68. The van der Waals surface area contributed by atoms with Gasteiger partial charge >= 0.3 is 0 Å². The average molecular weight is 336 g/mol. The van der Waals surface area contributed by atoms with Crippen molar-refractivity contribution in [3.8, 4) is 5.75 Å². The Morgan fingerprint density at radius 2 is 1.79 bits per heavy atom. The van der Waals surface area contributed by atoms with E-state index in [0.717, 1.165) is 18.2 Å². The van der Waals surface area contributed by atoms with E-state index >= 15 is 0 Å². The van der Waals surface area contributed by atoms with Gasteiger partial charge in [0.25, 0.3) is 5.91 Å². The number of anilines is 2. The van der Waals surface area contributed by atoms with E-state index < -0.39 is 29.5 Å². The Hall–Kier alpha value is -2.70. The van der Waals surface area contributed by atoms with Crippen LogP contribution in [0.5, 0.6) is 5.75 Å². The number of aryl methyl sites for hydroxylation is 1. The molecule has 1 unspecified atom stereocenters. The maximum atomic E-state index is 14.4. The van der Waals surface area contributed by atoms with Gasteiger partial charge in [0.1, 0.15) is 11.6 Å². The number of rotatable bonds is 2. The van der Waals surface area contributed by atoms with Crippen molar-refractivity contribution in [1.29, 1.82) is 0 Å². The molecule has 0 fully saturated rings. The highest BCUT2D eigenvalue weighted by Gasteiger charge is 2.34. The maximum Gasteiger partial charge on any atom is 0.268 e. The first-order chi connectivity index (χ1) is 11.3. The molecule has 2 N–H and O–H groups in total. The molecule has 3 rings (SSSR count). The SMILES string of the molecule is Cc1cc2c(c(F)c1N)OC(C)C(=O)N2Cc1cc(F)cc(F)c1. The van der Waals surface area contributed by atoms with Crippen molar-refractivity contribution in [1.82, 2.24) is 0 Å². The normalized spacial score (nSPS) is 16.8. The highest BCUT2D eigenvalue weighted by atomic mass is 19.1. The summed E-state index contributed by atoms with van der Waals surface area (Å²) in [6, 6.07) is 4.51. The van der Waals surface area contributed by atoms with Crippen LogP contribution in [0.4, 0.5) is 24.5 Å². The Balaban J connectivity index is 2.09. The highest BCUT2D eigenvalue weighted by Crippen LogP contribution is 2.41. The molecule has 0 saturated heterocycles. The summed E-state index contributed by atoms with van der Waals surface area (Å²) in [6.45, 7) is 2.96. The lowest BCUT2D eigenvalue weighted by Crippen LogP contribution is -2.44. The van der Waals surface area contributed by atoms with Crippen molar-refractivity contribution >= 4 is 17.3 Å². The third kappa shape index (κ3) is 2.66. The monoisotopic (exact) mass is 336 g/mol. The summed E-state index contributed by atoms with van der Waals surface area (Å²) in [4.78, 5) is 13.7. The summed E-state index contributed by atoms with van der Waals surface area (Å²) in [5.74, 6) is -2.82. The van der Waals surface area contributed by atoms with E-state index in [9.17, 15) is 18.0 Å². The van der Waals surface area contributed by atoms with Crippen LogP contribution in [0, 0.1) is 24.4 Å². The predicted octanol–water partition coefficient (Wildman–Crippen LogP) is 3.31. The van der Waals surface area contributed by atoms with E-state index in [2.05, 4.69) is 0 Å². The van der Waals surface area contributed by atoms with Crippen LogP contribution in [0.1, 0.15) is 18.1 Å². The Morgan fingerprint density at radius 3 is 2.42 bits per heavy atom. The number of nitrogens with zero attached hydrogens (tertiary/aromatic N) is 1. The lowest BCUT2D eigenvalue weighted by atomic mass is 10.1. The van der Waals surface area contributed by atoms with Gasteiger partial charge in [-0.25, -0.2) is 13.2 Å². The minimum atomic E-state index is -0.937. The molecular formula is C17H15F3N2O2. The molecule has 2 aromatic rings. The van der Waals surface area contributed by atoms with Crippen molar-refractivity contribution in [3.63, 3.8) is 0 Å². The molecule has 1 heterocycles.